The standard InChI is InChI=1S/C81H118O16/c1-14-74(9,70(88)97-81(44(2)3)56-25-48-18-49(27-56)28-57(81)26-48)40-77(12,71(89)96-78(13)54-21-46-17-47(23-54)24-55(78)22-46)42-76(11,69(87)94-65-53-30-59-60(31-53)67(85)93-66(59)65)41-75(10,62(82)37-79-33-50-19-51(34-79)36-80(90,35-50)43-79)39-73(7,8)68(86)91-38-64(84)92-61(32-63(83)95-72(4,5)6)58-29-45-15-16-52(58)20-45/h15-16,44-61,65-66,90H,14,17-43H2,1-13H3. The number of rotatable bonds is 26. The second-order valence-corrected chi connectivity index (χ2v) is 39.7. The third kappa shape index (κ3) is 12.5. The summed E-state index contributed by atoms with van der Waals surface area (Å²) in [5, 5.41) is 12.2. The number of ether oxygens (including phenoxy) is 7. The topological polar surface area (TPSA) is 221 Å². The minimum Gasteiger partial charge on any atom is -0.460 e. The molecule has 97 heavy (non-hydrogen) atoms. The van der Waals surface area contributed by atoms with E-state index in [1.54, 1.807) is 41.5 Å². The first-order valence-electron chi connectivity index (χ1n) is 38.7. The highest BCUT2D eigenvalue weighted by Crippen LogP contribution is 2.67. The van der Waals surface area contributed by atoms with Crippen LogP contribution in [-0.4, -0.2) is 100.0 Å². The Kier molecular flexibility index (Phi) is 17.4. The molecule has 16 fully saturated rings. The minimum absolute atomic E-state index is 0.0289. The molecule has 1 N–H and O–H groups in total. The van der Waals surface area contributed by atoms with Gasteiger partial charge in [-0.1, -0.05) is 39.8 Å². The molecule has 16 aliphatic carbocycles. The van der Waals surface area contributed by atoms with Gasteiger partial charge in [-0.15, -0.1) is 0 Å². The van der Waals surface area contributed by atoms with Crippen LogP contribution in [0.25, 0.3) is 0 Å². The van der Waals surface area contributed by atoms with Crippen molar-refractivity contribution >= 4 is 47.6 Å². The molecule has 17 aliphatic rings. The molecule has 16 bridgehead atoms. The van der Waals surface area contributed by atoms with E-state index in [-0.39, 0.29) is 127 Å². The van der Waals surface area contributed by atoms with Crippen molar-refractivity contribution in [3.63, 3.8) is 0 Å². The molecule has 1 saturated heterocycles. The molecule has 1 aliphatic heterocycles. The number of fused-ring (bicyclic) bond motifs is 3. The van der Waals surface area contributed by atoms with Gasteiger partial charge in [-0.3, -0.25) is 33.6 Å². The van der Waals surface area contributed by atoms with Crippen LogP contribution in [0.4, 0.5) is 0 Å². The Bertz CT molecular complexity index is 3130. The zero-order valence-electron chi connectivity index (χ0n) is 61.1. The van der Waals surface area contributed by atoms with Crippen LogP contribution in [0, 0.1) is 133 Å². The maximum atomic E-state index is 16.6. The van der Waals surface area contributed by atoms with Crippen molar-refractivity contribution in [1.82, 2.24) is 0 Å². The molecule has 0 amide bonds. The predicted molar refractivity (Wildman–Crippen MR) is 359 cm³/mol. The van der Waals surface area contributed by atoms with Crippen molar-refractivity contribution in [3.05, 3.63) is 12.2 Å². The normalized spacial score (nSPS) is 42.9. The third-order valence-corrected chi connectivity index (χ3v) is 29.9. The number of aliphatic hydroxyl groups is 1. The quantitative estimate of drug-likeness (QED) is 0.0483. The summed E-state index contributed by atoms with van der Waals surface area (Å²) < 4.78 is 45.4. The van der Waals surface area contributed by atoms with Crippen molar-refractivity contribution < 1.29 is 76.6 Å². The Hall–Kier alpha value is -4.34. The van der Waals surface area contributed by atoms with E-state index in [2.05, 4.69) is 32.9 Å². The van der Waals surface area contributed by atoms with E-state index in [9.17, 15) is 19.5 Å². The van der Waals surface area contributed by atoms with E-state index in [1.165, 1.54) is 12.8 Å². The van der Waals surface area contributed by atoms with Crippen molar-refractivity contribution in [3.8, 4) is 0 Å². The molecule has 15 atom stereocenters. The van der Waals surface area contributed by atoms with Gasteiger partial charge in [0.15, 0.2) is 6.61 Å². The minimum atomic E-state index is -1.73. The first-order chi connectivity index (χ1) is 45.3. The number of carbonyl (C=O) groups excluding carboxylic acids is 8. The zero-order chi connectivity index (χ0) is 69.3. The molecule has 1 heterocycles. The summed E-state index contributed by atoms with van der Waals surface area (Å²) in [5.74, 6) is -0.399. The number of hydrogen-bond acceptors (Lipinski definition) is 16. The van der Waals surface area contributed by atoms with Gasteiger partial charge in [-0.05, 0) is 305 Å². The van der Waals surface area contributed by atoms with Gasteiger partial charge < -0.3 is 38.3 Å². The lowest BCUT2D eigenvalue weighted by atomic mass is 9.46. The Morgan fingerprint density at radius 3 is 1.71 bits per heavy atom. The number of allylic oxidation sites excluding steroid dienone is 2. The molecule has 0 radical (unpaired) electrons. The summed E-state index contributed by atoms with van der Waals surface area (Å²) in [6.45, 7) is 23.9. The lowest BCUT2D eigenvalue weighted by molar-refractivity contribution is -0.234. The number of hydrogen-bond donors (Lipinski definition) is 1. The average Bonchev–Trinajstić information content (AvgIpc) is 0.920. The highest BCUT2D eigenvalue weighted by molar-refractivity contribution is 5.89. The van der Waals surface area contributed by atoms with E-state index < -0.39 is 110 Å². The predicted octanol–water partition coefficient (Wildman–Crippen LogP) is 14.3. The first-order valence-corrected chi connectivity index (χ1v) is 38.7. The van der Waals surface area contributed by atoms with Gasteiger partial charge in [0.25, 0.3) is 0 Å². The van der Waals surface area contributed by atoms with Crippen molar-refractivity contribution in [2.24, 2.45) is 133 Å². The molecule has 0 aromatic heterocycles. The maximum Gasteiger partial charge on any atom is 0.344 e. The molecule has 15 unspecified atom stereocenters. The van der Waals surface area contributed by atoms with Crippen molar-refractivity contribution in [2.45, 2.75) is 304 Å². The molecule has 16 heteroatoms. The van der Waals surface area contributed by atoms with E-state index in [0.29, 0.717) is 68.1 Å². The summed E-state index contributed by atoms with van der Waals surface area (Å²) >= 11 is 0. The number of ketones is 1. The van der Waals surface area contributed by atoms with Crippen LogP contribution in [0.1, 0.15) is 263 Å². The monoisotopic (exact) mass is 1350 g/mol. The Labute approximate surface area is 577 Å². The lowest BCUT2D eigenvalue weighted by Crippen LogP contribution is -2.63. The Morgan fingerprint density at radius 2 is 1.16 bits per heavy atom. The van der Waals surface area contributed by atoms with Crippen LogP contribution in [0.5, 0.6) is 0 Å². The van der Waals surface area contributed by atoms with Gasteiger partial charge in [-0.2, -0.15) is 0 Å². The van der Waals surface area contributed by atoms with Crippen LogP contribution in [0.2, 0.25) is 0 Å². The van der Waals surface area contributed by atoms with Gasteiger partial charge in [0.05, 0.1) is 39.6 Å². The molecule has 0 spiro atoms. The molecule has 0 aromatic carbocycles. The number of esters is 7. The highest BCUT2D eigenvalue weighted by atomic mass is 16.6. The van der Waals surface area contributed by atoms with E-state index in [4.69, 9.17) is 33.2 Å². The van der Waals surface area contributed by atoms with Crippen molar-refractivity contribution in [2.75, 3.05) is 6.61 Å². The largest absolute Gasteiger partial charge is 0.460 e. The van der Waals surface area contributed by atoms with Gasteiger partial charge in [0.2, 0.25) is 0 Å². The van der Waals surface area contributed by atoms with Crippen LogP contribution in [-0.2, 0) is 71.5 Å². The molecular weight excluding hydrogens is 1230 g/mol. The van der Waals surface area contributed by atoms with Gasteiger partial charge >= 0.3 is 41.8 Å². The van der Waals surface area contributed by atoms with Gasteiger partial charge in [0.1, 0.15) is 40.9 Å². The molecule has 15 saturated carbocycles. The summed E-state index contributed by atoms with van der Waals surface area (Å²) in [4.78, 5) is 122. The highest BCUT2D eigenvalue weighted by Gasteiger charge is 2.68. The van der Waals surface area contributed by atoms with E-state index in [0.717, 1.165) is 83.5 Å². The van der Waals surface area contributed by atoms with Crippen LogP contribution >= 0.6 is 0 Å². The molecule has 0 aromatic rings. The fraction of sp³-hybridized carbons (Fsp3) is 0.877. The smallest absolute Gasteiger partial charge is 0.344 e. The SMILES string of the molecule is CCC(C)(CC(C)(CC(C)(CC(C)(CC(C)(C)C(=O)OCC(=O)OC(CC(=O)OC(C)(C)C)C1CC2C=CC1C2)C(=O)CC12CC3CC(CC(O)(C3)C1)C2)C(=O)OC1C2CC3C(=O)OC1C3C2)C(=O)OC1(C)C2CC3CC(C2)CC1C3)C(=O)OC1(C(C)C)C2CC3CC(C2)CC1C3. The van der Waals surface area contributed by atoms with Gasteiger partial charge in [0, 0.05) is 29.6 Å². The Morgan fingerprint density at radius 1 is 0.608 bits per heavy atom. The summed E-state index contributed by atoms with van der Waals surface area (Å²) in [7, 11) is 0. The lowest BCUT2D eigenvalue weighted by Gasteiger charge is -2.62. The summed E-state index contributed by atoms with van der Waals surface area (Å²) in [5.41, 5.74) is -11.3. The van der Waals surface area contributed by atoms with Crippen LogP contribution in [0.15, 0.2) is 12.2 Å². The average molecular weight is 1350 g/mol. The number of Topliss-reactive ketones (excluding diaryl/α,β-unsaturated/α-hetero) is 1. The second-order valence-electron chi connectivity index (χ2n) is 39.7. The fourth-order valence-electron chi connectivity index (χ4n) is 26.8. The molecular formula is C81H118O16. The van der Waals surface area contributed by atoms with E-state index >= 15 is 24.0 Å². The second kappa shape index (κ2) is 24.1. The Balaban J connectivity index is 0.810. The zero-order valence-corrected chi connectivity index (χ0v) is 61.1. The molecule has 16 nitrogen and oxygen atoms in total. The maximum absolute atomic E-state index is 16.6. The summed E-state index contributed by atoms with van der Waals surface area (Å²) in [6.07, 6.45) is 19.5. The van der Waals surface area contributed by atoms with Crippen molar-refractivity contribution in [1.29, 1.82) is 0 Å². The van der Waals surface area contributed by atoms with Crippen LogP contribution in [0.3, 0.4) is 0 Å². The summed E-state index contributed by atoms with van der Waals surface area (Å²) in [6, 6.07) is 0. The van der Waals surface area contributed by atoms with Crippen LogP contribution < -0.4 is 0 Å². The van der Waals surface area contributed by atoms with Gasteiger partial charge in [-0.25, -0.2) is 4.79 Å². The molecule has 17 rings (SSSR count). The number of carbonyl (C=O) groups is 8. The fourth-order valence-corrected chi connectivity index (χ4v) is 26.8. The third-order valence-electron chi connectivity index (χ3n) is 29.9. The van der Waals surface area contributed by atoms with E-state index in [1.807, 2.05) is 27.7 Å². The molecule has 538 valence electrons. The first kappa shape index (κ1) is 69.7.